The predicted octanol–water partition coefficient (Wildman–Crippen LogP) is 3.73. The molecule has 0 unspecified atom stereocenters. The molecule has 0 aromatic heterocycles. The minimum Gasteiger partial charge on any atom is -0.497 e. The first-order valence-corrected chi connectivity index (χ1v) is 4.82. The molecule has 0 saturated heterocycles. The van der Waals surface area contributed by atoms with Crippen molar-refractivity contribution in [3.05, 3.63) is 28.8 Å². The van der Waals surface area contributed by atoms with Gasteiger partial charge in [-0.25, -0.2) is 0 Å². The van der Waals surface area contributed by atoms with E-state index in [1.165, 1.54) is 13.2 Å². The molecule has 0 aliphatic carbocycles. The SMILES string of the molecule is COc1ccc(Cl)c(C(=O)C(F)(F)C(F)(F)F)c1. The Hall–Kier alpha value is -1.37. The summed E-state index contributed by atoms with van der Waals surface area (Å²) in [4.78, 5) is 11.2. The summed E-state index contributed by atoms with van der Waals surface area (Å²) in [6.45, 7) is 0. The Labute approximate surface area is 103 Å². The first-order valence-electron chi connectivity index (χ1n) is 4.44. The Kier molecular flexibility index (Phi) is 3.85. The van der Waals surface area contributed by atoms with Crippen molar-refractivity contribution in [2.24, 2.45) is 0 Å². The highest BCUT2D eigenvalue weighted by Crippen LogP contribution is 2.39. The molecular weight excluding hydrogens is 283 g/mol. The molecule has 1 aromatic rings. The molecule has 2 nitrogen and oxygen atoms in total. The van der Waals surface area contributed by atoms with E-state index in [0.29, 0.717) is 0 Å². The molecule has 0 radical (unpaired) electrons. The van der Waals surface area contributed by atoms with Crippen molar-refractivity contribution in [1.29, 1.82) is 0 Å². The molecule has 1 rings (SSSR count). The number of carbonyl (C=O) groups excluding carboxylic acids is 1. The molecular formula is C10H6ClF5O2. The Morgan fingerprint density at radius 1 is 1.22 bits per heavy atom. The van der Waals surface area contributed by atoms with Crippen LogP contribution in [0.5, 0.6) is 5.75 Å². The minimum absolute atomic E-state index is 0.0549. The molecule has 0 aliphatic heterocycles. The van der Waals surface area contributed by atoms with Crippen molar-refractivity contribution in [1.82, 2.24) is 0 Å². The third-order valence-electron chi connectivity index (χ3n) is 2.06. The number of halogens is 6. The number of benzene rings is 1. The van der Waals surface area contributed by atoms with Crippen LogP contribution in [-0.4, -0.2) is 25.0 Å². The van der Waals surface area contributed by atoms with Gasteiger partial charge in [0.2, 0.25) is 5.78 Å². The lowest BCUT2D eigenvalue weighted by Crippen LogP contribution is -2.44. The number of Topliss-reactive ketones (excluding diaryl/α,β-unsaturated/α-hetero) is 1. The van der Waals surface area contributed by atoms with Gasteiger partial charge in [-0.05, 0) is 18.2 Å². The van der Waals surface area contributed by atoms with Gasteiger partial charge in [0, 0.05) is 5.56 Å². The number of rotatable bonds is 3. The maximum atomic E-state index is 12.9. The highest BCUT2D eigenvalue weighted by Gasteiger charge is 2.63. The van der Waals surface area contributed by atoms with E-state index in [1.54, 1.807) is 0 Å². The zero-order valence-electron chi connectivity index (χ0n) is 8.82. The lowest BCUT2D eigenvalue weighted by Gasteiger charge is -2.18. The van der Waals surface area contributed by atoms with Crippen LogP contribution in [0, 0.1) is 0 Å². The smallest absolute Gasteiger partial charge is 0.461 e. The molecule has 0 heterocycles. The largest absolute Gasteiger partial charge is 0.497 e. The second kappa shape index (κ2) is 4.72. The van der Waals surface area contributed by atoms with Gasteiger partial charge in [-0.2, -0.15) is 22.0 Å². The first-order chi connectivity index (χ1) is 8.11. The number of ether oxygens (including phenoxy) is 1. The number of alkyl halides is 5. The fraction of sp³-hybridized carbons (Fsp3) is 0.300. The molecule has 8 heteroatoms. The highest BCUT2D eigenvalue weighted by atomic mass is 35.5. The van der Waals surface area contributed by atoms with Gasteiger partial charge in [-0.15, -0.1) is 0 Å². The van der Waals surface area contributed by atoms with Crippen LogP contribution in [0.1, 0.15) is 10.4 Å². The second-order valence-electron chi connectivity index (χ2n) is 3.25. The summed E-state index contributed by atoms with van der Waals surface area (Å²) < 4.78 is 66.4. The Bertz CT molecular complexity index is 470. The fourth-order valence-corrected chi connectivity index (χ4v) is 1.31. The standard InChI is InChI=1S/C10H6ClF5O2/c1-18-5-2-3-7(11)6(4-5)8(17)9(12,13)10(14,15)16/h2-4H,1H3. The summed E-state index contributed by atoms with van der Waals surface area (Å²) >= 11 is 5.43. The van der Waals surface area contributed by atoms with Gasteiger partial charge in [0.15, 0.2) is 0 Å². The van der Waals surface area contributed by atoms with E-state index in [0.717, 1.165) is 12.1 Å². The molecule has 18 heavy (non-hydrogen) atoms. The normalized spacial score (nSPS) is 12.4. The van der Waals surface area contributed by atoms with Crippen LogP contribution in [0.4, 0.5) is 22.0 Å². The summed E-state index contributed by atoms with van der Waals surface area (Å²) in [7, 11) is 1.17. The third-order valence-corrected chi connectivity index (χ3v) is 2.39. The summed E-state index contributed by atoms with van der Waals surface area (Å²) in [6.07, 6.45) is -5.98. The van der Waals surface area contributed by atoms with Crippen molar-refractivity contribution >= 4 is 17.4 Å². The van der Waals surface area contributed by atoms with Gasteiger partial charge in [-0.1, -0.05) is 11.6 Å². The molecule has 0 fully saturated rings. The Morgan fingerprint density at radius 3 is 2.22 bits per heavy atom. The maximum absolute atomic E-state index is 12.9. The fourth-order valence-electron chi connectivity index (χ4n) is 1.10. The zero-order valence-corrected chi connectivity index (χ0v) is 9.57. The summed E-state index contributed by atoms with van der Waals surface area (Å²) in [5, 5.41) is -0.510. The van der Waals surface area contributed by atoms with Crippen LogP contribution < -0.4 is 4.74 Å². The minimum atomic E-state index is -5.98. The molecule has 0 atom stereocenters. The Balaban J connectivity index is 3.27. The molecule has 0 bridgehead atoms. The van der Waals surface area contributed by atoms with E-state index in [2.05, 4.69) is 4.74 Å². The van der Waals surface area contributed by atoms with Gasteiger partial charge in [-0.3, -0.25) is 4.79 Å². The average molecular weight is 289 g/mol. The van der Waals surface area contributed by atoms with Crippen molar-refractivity contribution in [3.63, 3.8) is 0 Å². The van der Waals surface area contributed by atoms with E-state index in [9.17, 15) is 26.7 Å². The number of hydrogen-bond donors (Lipinski definition) is 0. The van der Waals surface area contributed by atoms with Gasteiger partial charge in [0.25, 0.3) is 0 Å². The van der Waals surface area contributed by atoms with Crippen molar-refractivity contribution in [2.45, 2.75) is 12.1 Å². The average Bonchev–Trinajstić information content (AvgIpc) is 2.27. The van der Waals surface area contributed by atoms with E-state index < -0.39 is 28.5 Å². The van der Waals surface area contributed by atoms with Gasteiger partial charge >= 0.3 is 12.1 Å². The predicted molar refractivity (Wildman–Crippen MR) is 53.3 cm³/mol. The first kappa shape index (κ1) is 14.7. The molecule has 1 aromatic carbocycles. The number of methoxy groups -OCH3 is 1. The van der Waals surface area contributed by atoms with E-state index in [1.807, 2.05) is 0 Å². The lowest BCUT2D eigenvalue weighted by molar-refractivity contribution is -0.255. The highest BCUT2D eigenvalue weighted by molar-refractivity contribution is 6.34. The molecule has 0 N–H and O–H groups in total. The number of hydrogen-bond acceptors (Lipinski definition) is 2. The van der Waals surface area contributed by atoms with Crippen molar-refractivity contribution in [3.8, 4) is 5.75 Å². The van der Waals surface area contributed by atoms with Crippen molar-refractivity contribution in [2.75, 3.05) is 7.11 Å². The molecule has 0 aliphatic rings. The summed E-state index contributed by atoms with van der Waals surface area (Å²) in [5.74, 6) is -7.97. The summed E-state index contributed by atoms with van der Waals surface area (Å²) in [6, 6.07) is 2.95. The molecule has 0 spiro atoms. The van der Waals surface area contributed by atoms with Crippen LogP contribution in [0.2, 0.25) is 5.02 Å². The lowest BCUT2D eigenvalue weighted by atomic mass is 10.0. The van der Waals surface area contributed by atoms with Gasteiger partial charge in [0.1, 0.15) is 5.75 Å². The molecule has 100 valence electrons. The monoisotopic (exact) mass is 288 g/mol. The Morgan fingerprint density at radius 2 is 1.78 bits per heavy atom. The van der Waals surface area contributed by atoms with Crippen molar-refractivity contribution < 1.29 is 31.5 Å². The topological polar surface area (TPSA) is 26.3 Å². The number of carbonyl (C=O) groups is 1. The number of ketones is 1. The van der Waals surface area contributed by atoms with Crippen LogP contribution in [-0.2, 0) is 0 Å². The van der Waals surface area contributed by atoms with E-state index in [4.69, 9.17) is 11.6 Å². The van der Waals surface area contributed by atoms with Gasteiger partial charge in [0.05, 0.1) is 12.1 Å². The van der Waals surface area contributed by atoms with Crippen LogP contribution in [0.25, 0.3) is 0 Å². The van der Waals surface area contributed by atoms with Crippen LogP contribution in [0.3, 0.4) is 0 Å². The maximum Gasteiger partial charge on any atom is 0.461 e. The summed E-state index contributed by atoms with van der Waals surface area (Å²) in [5.41, 5.74) is -0.946. The molecule has 0 saturated carbocycles. The van der Waals surface area contributed by atoms with Crippen LogP contribution >= 0.6 is 11.6 Å². The third kappa shape index (κ3) is 2.55. The second-order valence-corrected chi connectivity index (χ2v) is 3.65. The van der Waals surface area contributed by atoms with E-state index >= 15 is 0 Å². The zero-order chi connectivity index (χ0) is 14.1. The quantitative estimate of drug-likeness (QED) is 0.626. The van der Waals surface area contributed by atoms with Crippen LogP contribution in [0.15, 0.2) is 18.2 Å². The van der Waals surface area contributed by atoms with Gasteiger partial charge < -0.3 is 4.74 Å². The molecule has 0 amide bonds. The van der Waals surface area contributed by atoms with E-state index in [-0.39, 0.29) is 5.75 Å².